The summed E-state index contributed by atoms with van der Waals surface area (Å²) in [5.74, 6) is -0.456. The van der Waals surface area contributed by atoms with E-state index in [1.807, 2.05) is 42.5 Å². The molecule has 0 unspecified atom stereocenters. The first kappa shape index (κ1) is 17.7. The maximum Gasteiger partial charge on any atom is 0.267 e. The molecule has 0 fully saturated rings. The Bertz CT molecular complexity index is 778. The van der Waals surface area contributed by atoms with Gasteiger partial charge in [0, 0.05) is 29.4 Å². The number of carbonyl (C=O) groups excluding carboxylic acids is 1. The number of halogens is 1. The first-order chi connectivity index (χ1) is 11.6. The molecule has 0 aliphatic rings. The first-order valence-corrected chi connectivity index (χ1v) is 8.10. The quantitative estimate of drug-likeness (QED) is 0.527. The summed E-state index contributed by atoms with van der Waals surface area (Å²) in [6.07, 6.45) is 1.42. The number of nitrogens with two attached hydrogens (primary N) is 1. The monoisotopic (exact) mass is 384 g/mol. The van der Waals surface area contributed by atoms with Gasteiger partial charge in [0.25, 0.3) is 5.91 Å². The highest BCUT2D eigenvalue weighted by Crippen LogP contribution is 2.14. The molecule has 0 saturated heterocycles. The molecule has 0 aliphatic heterocycles. The van der Waals surface area contributed by atoms with Crippen molar-refractivity contribution in [2.24, 2.45) is 5.73 Å². The van der Waals surface area contributed by atoms with Crippen LogP contribution in [0.15, 0.2) is 64.8 Å². The normalized spacial score (nSPS) is 10.8. The smallest absolute Gasteiger partial charge is 0.267 e. The second kappa shape index (κ2) is 8.87. The summed E-state index contributed by atoms with van der Waals surface area (Å²) in [5.41, 5.74) is 8.30. The molecule has 5 nitrogen and oxygen atoms in total. The predicted molar refractivity (Wildman–Crippen MR) is 97.6 cm³/mol. The van der Waals surface area contributed by atoms with Crippen molar-refractivity contribution in [2.45, 2.75) is 13.1 Å². The van der Waals surface area contributed by atoms with Crippen LogP contribution in [0.4, 0.5) is 5.69 Å². The number of rotatable bonds is 6. The molecule has 0 spiro atoms. The summed E-state index contributed by atoms with van der Waals surface area (Å²) in [6.45, 7) is 0.979. The average molecular weight is 385 g/mol. The molecule has 6 heteroatoms. The van der Waals surface area contributed by atoms with Crippen LogP contribution in [-0.2, 0) is 17.9 Å². The molecule has 2 aromatic carbocycles. The van der Waals surface area contributed by atoms with E-state index in [1.54, 1.807) is 12.1 Å². The zero-order chi connectivity index (χ0) is 17.4. The molecule has 0 atom stereocenters. The van der Waals surface area contributed by atoms with Crippen LogP contribution in [0.3, 0.4) is 0 Å². The number of nitrogens with zero attached hydrogens (tertiary/aromatic N) is 1. The van der Waals surface area contributed by atoms with Crippen molar-refractivity contribution in [3.63, 3.8) is 0 Å². The van der Waals surface area contributed by atoms with Crippen molar-refractivity contribution in [1.29, 1.82) is 5.26 Å². The number of hydrogen-bond acceptors (Lipinski definition) is 4. The van der Waals surface area contributed by atoms with E-state index in [0.717, 1.165) is 15.6 Å². The summed E-state index contributed by atoms with van der Waals surface area (Å²) < 4.78 is 0.915. The van der Waals surface area contributed by atoms with Gasteiger partial charge in [-0.3, -0.25) is 4.79 Å². The van der Waals surface area contributed by atoms with Crippen LogP contribution in [-0.4, -0.2) is 5.91 Å². The van der Waals surface area contributed by atoms with Gasteiger partial charge in [0.2, 0.25) is 0 Å². The summed E-state index contributed by atoms with van der Waals surface area (Å²) in [4.78, 5) is 12.1. The molecule has 2 rings (SSSR count). The summed E-state index contributed by atoms with van der Waals surface area (Å²) in [7, 11) is 0. The minimum Gasteiger partial charge on any atom is -0.386 e. The lowest BCUT2D eigenvalue weighted by atomic mass is 10.1. The van der Waals surface area contributed by atoms with Crippen molar-refractivity contribution in [3.8, 4) is 6.07 Å². The van der Waals surface area contributed by atoms with Gasteiger partial charge in [-0.05, 0) is 35.4 Å². The van der Waals surface area contributed by atoms with Gasteiger partial charge in [-0.15, -0.1) is 0 Å². The average Bonchev–Trinajstić information content (AvgIpc) is 2.61. The highest BCUT2D eigenvalue weighted by molar-refractivity contribution is 9.10. The van der Waals surface area contributed by atoms with Crippen LogP contribution in [0.5, 0.6) is 0 Å². The Balaban J connectivity index is 1.96. The predicted octanol–water partition coefficient (Wildman–Crippen LogP) is 3.04. The molecule has 0 aliphatic carbocycles. The summed E-state index contributed by atoms with van der Waals surface area (Å²) in [6, 6.07) is 16.8. The SMILES string of the molecule is N#C/C(=C/NCc1cccc(CN)c1)C(=O)Nc1ccc(Br)cc1. The fourth-order valence-corrected chi connectivity index (χ4v) is 2.28. The van der Waals surface area contributed by atoms with Gasteiger partial charge in [-0.25, -0.2) is 0 Å². The van der Waals surface area contributed by atoms with Gasteiger partial charge in [-0.2, -0.15) is 5.26 Å². The van der Waals surface area contributed by atoms with Crippen LogP contribution < -0.4 is 16.4 Å². The van der Waals surface area contributed by atoms with Crippen molar-refractivity contribution < 1.29 is 4.79 Å². The molecular formula is C18H17BrN4O. The van der Waals surface area contributed by atoms with Crippen LogP contribution in [0.25, 0.3) is 0 Å². The topological polar surface area (TPSA) is 90.9 Å². The summed E-state index contributed by atoms with van der Waals surface area (Å²) >= 11 is 3.33. The Morgan fingerprint density at radius 1 is 1.21 bits per heavy atom. The van der Waals surface area contributed by atoms with Crippen LogP contribution in [0, 0.1) is 11.3 Å². The number of amides is 1. The van der Waals surface area contributed by atoms with E-state index in [2.05, 4.69) is 26.6 Å². The molecule has 1 amide bonds. The minimum absolute atomic E-state index is 0.00731. The van der Waals surface area contributed by atoms with Crippen molar-refractivity contribution in [3.05, 3.63) is 75.9 Å². The van der Waals surface area contributed by atoms with E-state index in [9.17, 15) is 4.79 Å². The second-order valence-electron chi connectivity index (χ2n) is 5.04. The Morgan fingerprint density at radius 3 is 2.58 bits per heavy atom. The van der Waals surface area contributed by atoms with Gasteiger partial charge in [0.15, 0.2) is 0 Å². The lowest BCUT2D eigenvalue weighted by Crippen LogP contribution is -2.16. The lowest BCUT2D eigenvalue weighted by Gasteiger charge is -2.06. The standard InChI is InChI=1S/C18H17BrN4O/c19-16-4-6-17(7-5-16)23-18(24)15(10-21)12-22-11-14-3-1-2-13(8-14)9-20/h1-8,12,22H,9,11,20H2,(H,23,24)/b15-12-. The fraction of sp³-hybridized carbons (Fsp3) is 0.111. The zero-order valence-corrected chi connectivity index (χ0v) is 14.5. The number of carbonyl (C=O) groups is 1. The van der Waals surface area contributed by atoms with Gasteiger partial charge >= 0.3 is 0 Å². The molecule has 0 bridgehead atoms. The van der Waals surface area contributed by atoms with Gasteiger partial charge in [0.1, 0.15) is 11.6 Å². The molecule has 122 valence electrons. The molecule has 0 aromatic heterocycles. The van der Waals surface area contributed by atoms with E-state index in [0.29, 0.717) is 18.8 Å². The van der Waals surface area contributed by atoms with Crippen molar-refractivity contribution in [1.82, 2.24) is 5.32 Å². The van der Waals surface area contributed by atoms with E-state index in [4.69, 9.17) is 11.0 Å². The number of hydrogen-bond donors (Lipinski definition) is 3. The Labute approximate surface area is 149 Å². The number of nitriles is 1. The molecular weight excluding hydrogens is 368 g/mol. The second-order valence-corrected chi connectivity index (χ2v) is 5.95. The molecule has 0 saturated carbocycles. The molecule has 0 radical (unpaired) electrons. The largest absolute Gasteiger partial charge is 0.386 e. The van der Waals surface area contributed by atoms with E-state index < -0.39 is 5.91 Å². The first-order valence-electron chi connectivity index (χ1n) is 7.31. The maximum atomic E-state index is 12.1. The van der Waals surface area contributed by atoms with E-state index >= 15 is 0 Å². The molecule has 4 N–H and O–H groups in total. The Morgan fingerprint density at radius 2 is 1.92 bits per heavy atom. The summed E-state index contributed by atoms with van der Waals surface area (Å²) in [5, 5.41) is 14.8. The lowest BCUT2D eigenvalue weighted by molar-refractivity contribution is -0.112. The molecule has 24 heavy (non-hydrogen) atoms. The third-order valence-corrected chi connectivity index (χ3v) is 3.78. The van der Waals surface area contributed by atoms with E-state index in [1.165, 1.54) is 6.20 Å². The van der Waals surface area contributed by atoms with Crippen molar-refractivity contribution in [2.75, 3.05) is 5.32 Å². The zero-order valence-electron chi connectivity index (χ0n) is 12.9. The van der Waals surface area contributed by atoms with Gasteiger partial charge in [0.05, 0.1) is 0 Å². The number of benzene rings is 2. The van der Waals surface area contributed by atoms with Crippen molar-refractivity contribution >= 4 is 27.5 Å². The Hall–Kier alpha value is -2.62. The number of nitrogens with one attached hydrogen (secondary N) is 2. The van der Waals surface area contributed by atoms with Gasteiger partial charge < -0.3 is 16.4 Å². The van der Waals surface area contributed by atoms with Gasteiger partial charge in [-0.1, -0.05) is 40.2 Å². The van der Waals surface area contributed by atoms with Crippen LogP contribution >= 0.6 is 15.9 Å². The number of anilines is 1. The molecule has 2 aromatic rings. The maximum absolute atomic E-state index is 12.1. The third-order valence-electron chi connectivity index (χ3n) is 3.25. The third kappa shape index (κ3) is 5.23. The minimum atomic E-state index is -0.456. The Kier molecular flexibility index (Phi) is 6.55. The highest BCUT2D eigenvalue weighted by atomic mass is 79.9. The fourth-order valence-electron chi connectivity index (χ4n) is 2.02. The van der Waals surface area contributed by atoms with Crippen LogP contribution in [0.1, 0.15) is 11.1 Å². The van der Waals surface area contributed by atoms with Crippen LogP contribution in [0.2, 0.25) is 0 Å². The molecule has 0 heterocycles. The highest BCUT2D eigenvalue weighted by Gasteiger charge is 2.09. The van der Waals surface area contributed by atoms with E-state index in [-0.39, 0.29) is 5.57 Å².